The number of rotatable bonds is 3. The highest BCUT2D eigenvalue weighted by Gasteiger charge is 2.51. The van der Waals surface area contributed by atoms with E-state index in [0.29, 0.717) is 5.41 Å². The Morgan fingerprint density at radius 2 is 1.71 bits per heavy atom. The lowest BCUT2D eigenvalue weighted by molar-refractivity contribution is -0.0606. The molecule has 2 N–H and O–H groups in total. The molecule has 0 amide bonds. The number of hydrogen-bond donors (Lipinski definition) is 1. The van der Waals surface area contributed by atoms with E-state index in [2.05, 4.69) is 0 Å². The van der Waals surface area contributed by atoms with Crippen LogP contribution >= 0.6 is 0 Å². The Balaban J connectivity index is 1.56. The summed E-state index contributed by atoms with van der Waals surface area (Å²) < 4.78 is 14.1. The van der Waals surface area contributed by atoms with Crippen molar-refractivity contribution in [3.63, 3.8) is 0 Å². The quantitative estimate of drug-likeness (QED) is 0.853. The SMILES string of the molecule is Cc1ccc(F)c(C(N)CC23CC4CC(CC(C4)C2)C3)c1. The van der Waals surface area contributed by atoms with E-state index in [1.807, 2.05) is 19.1 Å². The second-order valence-corrected chi connectivity index (χ2v) is 8.25. The van der Waals surface area contributed by atoms with Gasteiger partial charge in [-0.3, -0.25) is 0 Å². The minimum atomic E-state index is -0.138. The number of benzene rings is 1. The van der Waals surface area contributed by atoms with Crippen molar-refractivity contribution >= 4 is 0 Å². The normalized spacial score (nSPS) is 38.7. The molecule has 1 aromatic rings. The molecule has 4 saturated carbocycles. The van der Waals surface area contributed by atoms with Crippen molar-refractivity contribution in [3.8, 4) is 0 Å². The third-order valence-electron chi connectivity index (χ3n) is 6.37. The van der Waals surface area contributed by atoms with Crippen LogP contribution in [0.3, 0.4) is 0 Å². The van der Waals surface area contributed by atoms with Crippen molar-refractivity contribution in [1.29, 1.82) is 0 Å². The second kappa shape index (κ2) is 4.81. The summed E-state index contributed by atoms with van der Waals surface area (Å²) in [6, 6.07) is 5.21. The molecule has 4 fully saturated rings. The summed E-state index contributed by atoms with van der Waals surface area (Å²) >= 11 is 0. The van der Waals surface area contributed by atoms with Crippen LogP contribution in [-0.2, 0) is 0 Å². The molecule has 0 spiro atoms. The van der Waals surface area contributed by atoms with Crippen LogP contribution in [0.4, 0.5) is 4.39 Å². The molecule has 0 heterocycles. The van der Waals surface area contributed by atoms with Crippen LogP contribution in [-0.4, -0.2) is 0 Å². The minimum absolute atomic E-state index is 0.127. The fourth-order valence-corrected chi connectivity index (χ4v) is 6.06. The zero-order valence-corrected chi connectivity index (χ0v) is 12.9. The first-order valence-electron chi connectivity index (χ1n) is 8.55. The number of aryl methyl sites for hydroxylation is 1. The first-order chi connectivity index (χ1) is 10.0. The van der Waals surface area contributed by atoms with E-state index in [0.717, 1.165) is 35.3 Å². The highest BCUT2D eigenvalue weighted by Crippen LogP contribution is 2.62. The Morgan fingerprint density at radius 1 is 1.14 bits per heavy atom. The van der Waals surface area contributed by atoms with Gasteiger partial charge in [-0.05, 0) is 81.1 Å². The van der Waals surface area contributed by atoms with Crippen LogP contribution in [0.2, 0.25) is 0 Å². The molecule has 0 aromatic heterocycles. The van der Waals surface area contributed by atoms with Crippen LogP contribution in [0.15, 0.2) is 18.2 Å². The van der Waals surface area contributed by atoms with Crippen LogP contribution in [0.5, 0.6) is 0 Å². The molecule has 5 rings (SSSR count). The zero-order chi connectivity index (χ0) is 14.6. The predicted octanol–water partition coefficient (Wildman–Crippen LogP) is 4.74. The topological polar surface area (TPSA) is 26.0 Å². The summed E-state index contributed by atoms with van der Waals surface area (Å²) in [4.78, 5) is 0. The second-order valence-electron chi connectivity index (χ2n) is 8.25. The lowest BCUT2D eigenvalue weighted by Crippen LogP contribution is -2.47. The van der Waals surface area contributed by atoms with Crippen molar-refractivity contribution in [2.45, 2.75) is 57.9 Å². The largest absolute Gasteiger partial charge is 0.324 e. The summed E-state index contributed by atoms with van der Waals surface area (Å²) in [5.74, 6) is 2.68. The number of nitrogens with two attached hydrogens (primary N) is 1. The van der Waals surface area contributed by atoms with Gasteiger partial charge in [0, 0.05) is 11.6 Å². The summed E-state index contributed by atoms with van der Waals surface area (Å²) in [5, 5.41) is 0. The van der Waals surface area contributed by atoms with Crippen molar-refractivity contribution < 1.29 is 4.39 Å². The smallest absolute Gasteiger partial charge is 0.127 e. The molecule has 1 nitrogen and oxygen atoms in total. The molecule has 4 bridgehead atoms. The average molecular weight is 287 g/mol. The predicted molar refractivity (Wildman–Crippen MR) is 83.3 cm³/mol. The Kier molecular flexibility index (Phi) is 3.15. The van der Waals surface area contributed by atoms with Crippen molar-refractivity contribution in [1.82, 2.24) is 0 Å². The van der Waals surface area contributed by atoms with E-state index in [1.54, 1.807) is 6.07 Å². The minimum Gasteiger partial charge on any atom is -0.324 e. The van der Waals surface area contributed by atoms with Gasteiger partial charge in [0.2, 0.25) is 0 Å². The van der Waals surface area contributed by atoms with Crippen LogP contribution in [0.1, 0.15) is 62.1 Å². The van der Waals surface area contributed by atoms with Crippen molar-refractivity contribution in [2.24, 2.45) is 28.9 Å². The van der Waals surface area contributed by atoms with Gasteiger partial charge in [-0.2, -0.15) is 0 Å². The molecule has 4 aliphatic carbocycles. The first kappa shape index (κ1) is 13.8. The van der Waals surface area contributed by atoms with Crippen LogP contribution < -0.4 is 5.73 Å². The van der Waals surface area contributed by atoms with E-state index >= 15 is 0 Å². The number of hydrogen-bond acceptors (Lipinski definition) is 1. The van der Waals surface area contributed by atoms with Gasteiger partial charge in [0.1, 0.15) is 5.82 Å². The molecule has 1 unspecified atom stereocenters. The maximum Gasteiger partial charge on any atom is 0.127 e. The molecule has 0 saturated heterocycles. The zero-order valence-electron chi connectivity index (χ0n) is 12.9. The van der Waals surface area contributed by atoms with Crippen molar-refractivity contribution in [3.05, 3.63) is 35.1 Å². The maximum atomic E-state index is 14.1. The van der Waals surface area contributed by atoms with Gasteiger partial charge >= 0.3 is 0 Å². The van der Waals surface area contributed by atoms with E-state index in [4.69, 9.17) is 5.73 Å². The van der Waals surface area contributed by atoms with Crippen molar-refractivity contribution in [2.75, 3.05) is 0 Å². The summed E-state index contributed by atoms with van der Waals surface area (Å²) in [5.41, 5.74) is 8.70. The van der Waals surface area contributed by atoms with E-state index in [9.17, 15) is 4.39 Å². The molecular formula is C19H26FN. The Labute approximate surface area is 127 Å². The highest BCUT2D eigenvalue weighted by atomic mass is 19.1. The molecule has 1 aromatic carbocycles. The van der Waals surface area contributed by atoms with E-state index in [-0.39, 0.29) is 11.9 Å². The van der Waals surface area contributed by atoms with Gasteiger partial charge in [-0.1, -0.05) is 17.7 Å². The molecule has 21 heavy (non-hydrogen) atoms. The molecule has 0 radical (unpaired) electrons. The lowest BCUT2D eigenvalue weighted by Gasteiger charge is -2.57. The fourth-order valence-electron chi connectivity index (χ4n) is 6.06. The van der Waals surface area contributed by atoms with Crippen LogP contribution in [0.25, 0.3) is 0 Å². The maximum absolute atomic E-state index is 14.1. The fraction of sp³-hybridized carbons (Fsp3) is 0.684. The van der Waals surface area contributed by atoms with Gasteiger partial charge in [0.25, 0.3) is 0 Å². The van der Waals surface area contributed by atoms with Gasteiger partial charge in [-0.15, -0.1) is 0 Å². The van der Waals surface area contributed by atoms with Crippen LogP contribution in [0, 0.1) is 35.9 Å². The summed E-state index contributed by atoms with van der Waals surface area (Å²) in [6.45, 7) is 2.01. The molecule has 4 aliphatic rings. The monoisotopic (exact) mass is 287 g/mol. The van der Waals surface area contributed by atoms with Gasteiger partial charge in [0.05, 0.1) is 0 Å². The Hall–Kier alpha value is -0.890. The lowest BCUT2D eigenvalue weighted by atomic mass is 9.48. The molecular weight excluding hydrogens is 261 g/mol. The Bertz CT molecular complexity index is 515. The summed E-state index contributed by atoms with van der Waals surface area (Å²) in [6.07, 6.45) is 9.38. The molecule has 2 heteroatoms. The van der Waals surface area contributed by atoms with E-state index < -0.39 is 0 Å². The molecule has 114 valence electrons. The molecule has 0 aliphatic heterocycles. The Morgan fingerprint density at radius 3 is 2.29 bits per heavy atom. The van der Waals surface area contributed by atoms with E-state index in [1.165, 1.54) is 38.5 Å². The summed E-state index contributed by atoms with van der Waals surface area (Å²) in [7, 11) is 0. The van der Waals surface area contributed by atoms with Gasteiger partial charge < -0.3 is 5.73 Å². The standard InChI is InChI=1S/C19H26FN/c1-12-2-3-17(20)16(4-12)18(21)11-19-8-13-5-14(9-19)7-15(6-13)10-19/h2-4,13-15,18H,5-11,21H2,1H3. The van der Waals surface area contributed by atoms with Gasteiger partial charge in [0.15, 0.2) is 0 Å². The molecule has 1 atom stereocenters. The highest BCUT2D eigenvalue weighted by molar-refractivity contribution is 5.27. The first-order valence-corrected chi connectivity index (χ1v) is 8.55. The number of halogens is 1. The third kappa shape index (κ3) is 2.42. The van der Waals surface area contributed by atoms with Gasteiger partial charge in [-0.25, -0.2) is 4.39 Å². The third-order valence-corrected chi connectivity index (χ3v) is 6.37. The average Bonchev–Trinajstić information content (AvgIpc) is 2.39.